The van der Waals surface area contributed by atoms with Crippen LogP contribution in [0.15, 0.2) is 12.7 Å². The maximum absolute atomic E-state index is 11.3. The van der Waals surface area contributed by atoms with Crippen LogP contribution in [0.5, 0.6) is 0 Å². The van der Waals surface area contributed by atoms with Crippen LogP contribution in [-0.2, 0) is 4.74 Å². The topological polar surface area (TPSA) is 32.3 Å². The Balaban J connectivity index is 3.85. The van der Waals surface area contributed by atoms with Gasteiger partial charge in [-0.15, -0.1) is 6.58 Å². The van der Waals surface area contributed by atoms with Crippen molar-refractivity contribution in [1.82, 2.24) is 0 Å². The van der Waals surface area contributed by atoms with Gasteiger partial charge in [-0.05, 0) is 0 Å². The molecule has 0 aliphatic carbocycles. The average Bonchev–Trinajstić information content (AvgIpc) is 1.87. The second-order valence-electron chi connectivity index (χ2n) is 2.92. The van der Waals surface area contributed by atoms with E-state index >= 15 is 0 Å². The smallest absolute Gasteiger partial charge is 0.192 e. The summed E-state index contributed by atoms with van der Waals surface area (Å²) in [5.41, 5.74) is 0. The number of hydrogen-bond donors (Lipinski definition) is 0. The van der Waals surface area contributed by atoms with E-state index < -0.39 is 4.65 Å². The lowest BCUT2D eigenvalue weighted by atomic mass is 10.4. The summed E-state index contributed by atoms with van der Waals surface area (Å²) < 4.78 is 4.85. The van der Waals surface area contributed by atoms with Crippen molar-refractivity contribution in [3.05, 3.63) is 17.9 Å². The monoisotopic (exact) mass is 159 g/mol. The fraction of sp³-hybridized carbons (Fsp3) is 0.750. The summed E-state index contributed by atoms with van der Waals surface area (Å²) >= 11 is 0. The van der Waals surface area contributed by atoms with Crippen molar-refractivity contribution in [2.24, 2.45) is 0 Å². The molecule has 0 saturated carbocycles. The fourth-order valence-corrected chi connectivity index (χ4v) is 0.916. The van der Waals surface area contributed by atoms with Crippen molar-refractivity contribution in [3.8, 4) is 0 Å². The van der Waals surface area contributed by atoms with Gasteiger partial charge in [-0.1, -0.05) is 13.0 Å². The highest BCUT2D eigenvalue weighted by Gasteiger charge is 2.17. The van der Waals surface area contributed by atoms with Gasteiger partial charge < -0.3 is 14.6 Å². The Kier molecular flexibility index (Phi) is 4.33. The van der Waals surface area contributed by atoms with Gasteiger partial charge in [0.15, 0.2) is 6.23 Å². The second kappa shape index (κ2) is 4.49. The van der Waals surface area contributed by atoms with Crippen molar-refractivity contribution in [1.29, 1.82) is 0 Å². The summed E-state index contributed by atoms with van der Waals surface area (Å²) in [4.78, 5) is 0. The van der Waals surface area contributed by atoms with Gasteiger partial charge in [-0.2, -0.15) is 0 Å². The van der Waals surface area contributed by atoms with Crippen LogP contribution in [0.1, 0.15) is 13.3 Å². The highest BCUT2D eigenvalue weighted by molar-refractivity contribution is 4.64. The van der Waals surface area contributed by atoms with E-state index in [-0.39, 0.29) is 6.23 Å². The van der Waals surface area contributed by atoms with Crippen molar-refractivity contribution in [2.75, 3.05) is 20.7 Å². The Morgan fingerprint density at radius 1 is 1.64 bits per heavy atom. The van der Waals surface area contributed by atoms with Crippen molar-refractivity contribution in [2.45, 2.75) is 19.6 Å². The van der Waals surface area contributed by atoms with Crippen LogP contribution in [-0.4, -0.2) is 31.6 Å². The van der Waals surface area contributed by atoms with Gasteiger partial charge in [-0.3, -0.25) is 0 Å². The van der Waals surface area contributed by atoms with E-state index in [1.165, 1.54) is 0 Å². The molecule has 0 aliphatic heterocycles. The third-order valence-corrected chi connectivity index (χ3v) is 1.45. The van der Waals surface area contributed by atoms with Crippen molar-refractivity contribution in [3.63, 3.8) is 0 Å². The Bertz CT molecular complexity index is 118. The summed E-state index contributed by atoms with van der Waals surface area (Å²) in [6.45, 7) is 5.90. The molecule has 3 heteroatoms. The Morgan fingerprint density at radius 3 is 2.45 bits per heavy atom. The lowest BCUT2D eigenvalue weighted by molar-refractivity contribution is -0.892. The van der Waals surface area contributed by atoms with E-state index in [9.17, 15) is 5.21 Å². The molecule has 0 bridgehead atoms. The minimum atomic E-state index is -0.398. The van der Waals surface area contributed by atoms with Gasteiger partial charge in [0.1, 0.15) is 0 Å². The molecule has 0 amide bonds. The summed E-state index contributed by atoms with van der Waals surface area (Å²) in [6, 6.07) is 0. The molecule has 0 N–H and O–H groups in total. The molecular weight excluding hydrogens is 142 g/mol. The Hall–Kier alpha value is -0.380. The first kappa shape index (κ1) is 10.6. The van der Waals surface area contributed by atoms with Crippen LogP contribution in [0.4, 0.5) is 0 Å². The lowest BCUT2D eigenvalue weighted by Gasteiger charge is -2.40. The molecule has 1 unspecified atom stereocenters. The minimum absolute atomic E-state index is 0.270. The zero-order chi connectivity index (χ0) is 8.91. The third-order valence-electron chi connectivity index (χ3n) is 1.45. The first-order chi connectivity index (χ1) is 5.02. The van der Waals surface area contributed by atoms with Crippen molar-refractivity contribution >= 4 is 0 Å². The molecule has 0 aromatic heterocycles. The molecule has 0 spiro atoms. The van der Waals surface area contributed by atoms with Gasteiger partial charge in [0.2, 0.25) is 0 Å². The number of quaternary nitrogens is 1. The third kappa shape index (κ3) is 4.14. The van der Waals surface area contributed by atoms with E-state index in [2.05, 4.69) is 6.58 Å². The number of ether oxygens (including phenoxy) is 1. The molecule has 11 heavy (non-hydrogen) atoms. The van der Waals surface area contributed by atoms with E-state index in [0.717, 1.165) is 6.42 Å². The van der Waals surface area contributed by atoms with Crippen LogP contribution >= 0.6 is 0 Å². The van der Waals surface area contributed by atoms with Gasteiger partial charge in [0, 0.05) is 6.42 Å². The minimum Gasteiger partial charge on any atom is -0.631 e. The standard InChI is InChI=1S/C8H17NO2/c1-5-7-11-8(6-2)9(3,4)10/h5,8H,1,6-7H2,2-4H3. The Morgan fingerprint density at radius 2 is 2.18 bits per heavy atom. The van der Waals surface area contributed by atoms with Gasteiger partial charge >= 0.3 is 0 Å². The van der Waals surface area contributed by atoms with E-state index in [4.69, 9.17) is 4.74 Å². The molecule has 3 nitrogen and oxygen atoms in total. The predicted molar refractivity (Wildman–Crippen MR) is 45.7 cm³/mol. The van der Waals surface area contributed by atoms with Crippen LogP contribution in [0, 0.1) is 5.21 Å². The molecule has 0 aromatic carbocycles. The van der Waals surface area contributed by atoms with Crippen LogP contribution in [0.2, 0.25) is 0 Å². The molecule has 0 saturated heterocycles. The first-order valence-electron chi connectivity index (χ1n) is 3.79. The molecule has 0 aliphatic rings. The zero-order valence-electron chi connectivity index (χ0n) is 7.54. The molecule has 0 aromatic rings. The Labute approximate surface area is 68.4 Å². The number of hydrogen-bond acceptors (Lipinski definition) is 2. The molecule has 66 valence electrons. The summed E-state index contributed by atoms with van der Waals surface area (Å²) in [6.07, 6.45) is 2.11. The second-order valence-corrected chi connectivity index (χ2v) is 2.92. The van der Waals surface area contributed by atoms with E-state index in [0.29, 0.717) is 6.61 Å². The molecule has 0 heterocycles. The van der Waals surface area contributed by atoms with E-state index in [1.54, 1.807) is 20.2 Å². The average molecular weight is 159 g/mol. The number of nitrogens with zero attached hydrogens (tertiary/aromatic N) is 1. The molecule has 0 radical (unpaired) electrons. The first-order valence-corrected chi connectivity index (χ1v) is 3.79. The largest absolute Gasteiger partial charge is 0.631 e. The fourth-order valence-electron chi connectivity index (χ4n) is 0.916. The molecule has 0 rings (SSSR count). The van der Waals surface area contributed by atoms with Gasteiger partial charge in [-0.25, -0.2) is 0 Å². The molecule has 0 fully saturated rings. The maximum atomic E-state index is 11.3. The predicted octanol–water partition coefficient (Wildman–Crippen LogP) is 1.50. The summed E-state index contributed by atoms with van der Waals surface area (Å²) in [5, 5.41) is 11.3. The number of hydroxylamine groups is 3. The normalized spacial score (nSPS) is 14.5. The van der Waals surface area contributed by atoms with Gasteiger partial charge in [0.25, 0.3) is 0 Å². The van der Waals surface area contributed by atoms with E-state index in [1.807, 2.05) is 6.92 Å². The lowest BCUT2D eigenvalue weighted by Crippen LogP contribution is -2.44. The maximum Gasteiger partial charge on any atom is 0.192 e. The van der Waals surface area contributed by atoms with Crippen LogP contribution < -0.4 is 0 Å². The molecule has 1 atom stereocenters. The molecular formula is C8H17NO2. The SMILES string of the molecule is C=CCOC(CC)[N+](C)(C)[O-]. The van der Waals surface area contributed by atoms with Crippen LogP contribution in [0.25, 0.3) is 0 Å². The van der Waals surface area contributed by atoms with Crippen LogP contribution in [0.3, 0.4) is 0 Å². The highest BCUT2D eigenvalue weighted by Crippen LogP contribution is 2.09. The highest BCUT2D eigenvalue weighted by atomic mass is 16.6. The zero-order valence-corrected chi connectivity index (χ0v) is 7.54. The van der Waals surface area contributed by atoms with Crippen molar-refractivity contribution < 1.29 is 9.38 Å². The summed E-state index contributed by atoms with van der Waals surface area (Å²) in [7, 11) is 3.16. The quantitative estimate of drug-likeness (QED) is 0.263. The van der Waals surface area contributed by atoms with Gasteiger partial charge in [0.05, 0.1) is 20.7 Å². The number of rotatable bonds is 5. The summed E-state index contributed by atoms with van der Waals surface area (Å²) in [5.74, 6) is 0.